The summed E-state index contributed by atoms with van der Waals surface area (Å²) < 4.78 is 5.95. The van der Waals surface area contributed by atoms with Gasteiger partial charge in [0.05, 0.1) is 6.61 Å². The smallest absolute Gasteiger partial charge is 0.122 e. The number of nitrogens with one attached hydrogen (secondary N) is 1. The van der Waals surface area contributed by atoms with Crippen molar-refractivity contribution < 1.29 is 4.74 Å². The maximum Gasteiger partial charge on any atom is 0.122 e. The number of rotatable bonds is 5. The van der Waals surface area contributed by atoms with Gasteiger partial charge in [-0.25, -0.2) is 0 Å². The monoisotopic (exact) mass is 234 g/mol. The van der Waals surface area contributed by atoms with Gasteiger partial charge in [0.15, 0.2) is 0 Å². The van der Waals surface area contributed by atoms with Crippen molar-refractivity contribution in [2.24, 2.45) is 11.7 Å². The Bertz CT molecular complexity index is 335. The lowest BCUT2D eigenvalue weighted by molar-refractivity contribution is 0.213. The molecule has 0 saturated carbocycles. The van der Waals surface area contributed by atoms with Crippen molar-refractivity contribution in [3.05, 3.63) is 29.8 Å². The van der Waals surface area contributed by atoms with Crippen LogP contribution < -0.4 is 15.8 Å². The standard InChI is InChI=1S/C14H22N2O/c15-8-5-13-3-1-2-4-14(13)17-11-12-6-9-16-10-7-12/h1-4,12,16H,5-11,15H2. The van der Waals surface area contributed by atoms with Crippen molar-refractivity contribution in [1.29, 1.82) is 0 Å². The Kier molecular flexibility index (Phi) is 4.83. The van der Waals surface area contributed by atoms with Crippen molar-refractivity contribution in [1.82, 2.24) is 5.32 Å². The quantitative estimate of drug-likeness (QED) is 0.813. The highest BCUT2D eigenvalue weighted by Crippen LogP contribution is 2.20. The van der Waals surface area contributed by atoms with Crippen LogP contribution >= 0.6 is 0 Å². The van der Waals surface area contributed by atoms with Crippen LogP contribution in [-0.2, 0) is 6.42 Å². The molecule has 94 valence electrons. The Morgan fingerprint density at radius 3 is 2.76 bits per heavy atom. The van der Waals surface area contributed by atoms with Gasteiger partial charge in [-0.2, -0.15) is 0 Å². The largest absolute Gasteiger partial charge is 0.493 e. The summed E-state index contributed by atoms with van der Waals surface area (Å²) in [4.78, 5) is 0. The number of benzene rings is 1. The predicted octanol–water partition coefficient (Wildman–Crippen LogP) is 1.57. The van der Waals surface area contributed by atoms with E-state index < -0.39 is 0 Å². The van der Waals surface area contributed by atoms with Gasteiger partial charge >= 0.3 is 0 Å². The fraction of sp³-hybridized carbons (Fsp3) is 0.571. The molecule has 0 aromatic heterocycles. The Morgan fingerprint density at radius 2 is 2.00 bits per heavy atom. The normalized spacial score (nSPS) is 17.0. The van der Waals surface area contributed by atoms with Crippen molar-refractivity contribution in [3.63, 3.8) is 0 Å². The molecule has 0 unspecified atom stereocenters. The lowest BCUT2D eigenvalue weighted by Gasteiger charge is -2.23. The average molecular weight is 234 g/mol. The van der Waals surface area contributed by atoms with Crippen LogP contribution in [0.25, 0.3) is 0 Å². The summed E-state index contributed by atoms with van der Waals surface area (Å²) in [5, 5.41) is 3.37. The number of nitrogens with two attached hydrogens (primary N) is 1. The van der Waals surface area contributed by atoms with Crippen LogP contribution in [0.3, 0.4) is 0 Å². The third kappa shape index (κ3) is 3.72. The van der Waals surface area contributed by atoms with Gasteiger partial charge in [-0.05, 0) is 56.4 Å². The van der Waals surface area contributed by atoms with Crippen molar-refractivity contribution in [2.75, 3.05) is 26.2 Å². The van der Waals surface area contributed by atoms with E-state index in [2.05, 4.69) is 11.4 Å². The van der Waals surface area contributed by atoms with E-state index >= 15 is 0 Å². The third-order valence-corrected chi connectivity index (χ3v) is 3.32. The first-order valence-electron chi connectivity index (χ1n) is 6.51. The maximum absolute atomic E-state index is 5.95. The topological polar surface area (TPSA) is 47.3 Å². The van der Waals surface area contributed by atoms with Crippen LogP contribution in [-0.4, -0.2) is 26.2 Å². The molecule has 1 aromatic carbocycles. The Morgan fingerprint density at radius 1 is 1.24 bits per heavy atom. The fourth-order valence-electron chi connectivity index (χ4n) is 2.26. The second-order valence-corrected chi connectivity index (χ2v) is 4.65. The SMILES string of the molecule is NCCc1ccccc1OCC1CCNCC1. The first-order valence-corrected chi connectivity index (χ1v) is 6.51. The summed E-state index contributed by atoms with van der Waals surface area (Å²) in [6.07, 6.45) is 3.33. The highest BCUT2D eigenvalue weighted by Gasteiger charge is 2.14. The molecule has 1 aromatic rings. The molecule has 0 amide bonds. The van der Waals surface area contributed by atoms with E-state index in [9.17, 15) is 0 Å². The van der Waals surface area contributed by atoms with E-state index in [1.54, 1.807) is 0 Å². The molecule has 0 spiro atoms. The molecule has 1 aliphatic rings. The van der Waals surface area contributed by atoms with E-state index in [1.807, 2.05) is 18.2 Å². The molecule has 1 aliphatic heterocycles. The van der Waals surface area contributed by atoms with Gasteiger partial charge < -0.3 is 15.8 Å². The van der Waals surface area contributed by atoms with E-state index in [4.69, 9.17) is 10.5 Å². The predicted molar refractivity (Wildman–Crippen MR) is 70.3 cm³/mol. The number of ether oxygens (including phenoxy) is 1. The van der Waals surface area contributed by atoms with Gasteiger partial charge in [-0.1, -0.05) is 18.2 Å². The van der Waals surface area contributed by atoms with Gasteiger partial charge in [0.1, 0.15) is 5.75 Å². The molecule has 0 bridgehead atoms. The third-order valence-electron chi connectivity index (χ3n) is 3.32. The van der Waals surface area contributed by atoms with Crippen molar-refractivity contribution in [3.8, 4) is 5.75 Å². The first kappa shape index (κ1) is 12.4. The van der Waals surface area contributed by atoms with Gasteiger partial charge in [-0.3, -0.25) is 0 Å². The van der Waals surface area contributed by atoms with Gasteiger partial charge in [-0.15, -0.1) is 0 Å². The second kappa shape index (κ2) is 6.62. The van der Waals surface area contributed by atoms with Crippen LogP contribution in [0.1, 0.15) is 18.4 Å². The van der Waals surface area contributed by atoms with Gasteiger partial charge in [0, 0.05) is 0 Å². The highest BCUT2D eigenvalue weighted by molar-refractivity contribution is 5.33. The van der Waals surface area contributed by atoms with E-state index in [0.29, 0.717) is 12.5 Å². The minimum atomic E-state index is 0.674. The molecule has 3 heteroatoms. The maximum atomic E-state index is 5.95. The van der Waals surface area contributed by atoms with Crippen LogP contribution in [0.5, 0.6) is 5.75 Å². The molecule has 0 aliphatic carbocycles. The van der Waals surface area contributed by atoms with Gasteiger partial charge in [0.25, 0.3) is 0 Å². The minimum absolute atomic E-state index is 0.674. The van der Waals surface area contributed by atoms with E-state index in [-0.39, 0.29) is 0 Å². The lowest BCUT2D eigenvalue weighted by atomic mass is 9.99. The summed E-state index contributed by atoms with van der Waals surface area (Å²) in [7, 11) is 0. The lowest BCUT2D eigenvalue weighted by Crippen LogP contribution is -2.30. The zero-order chi connectivity index (χ0) is 11.9. The fourth-order valence-corrected chi connectivity index (χ4v) is 2.26. The molecule has 1 saturated heterocycles. The highest BCUT2D eigenvalue weighted by atomic mass is 16.5. The molecule has 1 fully saturated rings. The zero-order valence-electron chi connectivity index (χ0n) is 10.3. The molecule has 0 atom stereocenters. The number of piperidine rings is 1. The van der Waals surface area contributed by atoms with Gasteiger partial charge in [0.2, 0.25) is 0 Å². The minimum Gasteiger partial charge on any atom is -0.493 e. The van der Waals surface area contributed by atoms with E-state index in [0.717, 1.165) is 31.9 Å². The van der Waals surface area contributed by atoms with Crippen LogP contribution in [0.2, 0.25) is 0 Å². The molecule has 3 nitrogen and oxygen atoms in total. The number of hydrogen-bond donors (Lipinski definition) is 2. The van der Waals surface area contributed by atoms with E-state index in [1.165, 1.54) is 18.4 Å². The summed E-state index contributed by atoms with van der Waals surface area (Å²) >= 11 is 0. The Hall–Kier alpha value is -1.06. The number of para-hydroxylation sites is 1. The molecular weight excluding hydrogens is 212 g/mol. The molecule has 0 radical (unpaired) electrons. The summed E-state index contributed by atoms with van der Waals surface area (Å²) in [6.45, 7) is 3.76. The Balaban J connectivity index is 1.88. The molecule has 3 N–H and O–H groups in total. The second-order valence-electron chi connectivity index (χ2n) is 4.65. The Labute approximate surface area is 103 Å². The summed E-state index contributed by atoms with van der Waals surface area (Å²) in [6, 6.07) is 8.22. The molecule has 17 heavy (non-hydrogen) atoms. The zero-order valence-corrected chi connectivity index (χ0v) is 10.3. The summed E-state index contributed by atoms with van der Waals surface area (Å²) in [5.41, 5.74) is 6.83. The molecule has 1 heterocycles. The number of hydrogen-bond acceptors (Lipinski definition) is 3. The summed E-state index contributed by atoms with van der Waals surface area (Å²) in [5.74, 6) is 1.71. The average Bonchev–Trinajstić information content (AvgIpc) is 2.39. The van der Waals surface area contributed by atoms with Crippen LogP contribution in [0, 0.1) is 5.92 Å². The van der Waals surface area contributed by atoms with Crippen molar-refractivity contribution >= 4 is 0 Å². The van der Waals surface area contributed by atoms with Crippen LogP contribution in [0.4, 0.5) is 0 Å². The van der Waals surface area contributed by atoms with Crippen LogP contribution in [0.15, 0.2) is 24.3 Å². The molecular formula is C14H22N2O. The molecule has 2 rings (SSSR count). The van der Waals surface area contributed by atoms with Crippen molar-refractivity contribution in [2.45, 2.75) is 19.3 Å². The first-order chi connectivity index (χ1) is 8.40.